The first kappa shape index (κ1) is 16.2. The van der Waals surface area contributed by atoms with E-state index in [-0.39, 0.29) is 11.3 Å². The van der Waals surface area contributed by atoms with Crippen LogP contribution in [0.25, 0.3) is 5.69 Å². The number of hydrogen-bond acceptors (Lipinski definition) is 3. The van der Waals surface area contributed by atoms with Gasteiger partial charge in [0.2, 0.25) is 5.91 Å². The van der Waals surface area contributed by atoms with E-state index in [1.54, 1.807) is 22.8 Å². The first-order chi connectivity index (χ1) is 10.3. The van der Waals surface area contributed by atoms with Crippen molar-refractivity contribution in [3.8, 4) is 5.69 Å². The minimum Gasteiger partial charge on any atom is -0.340 e. The number of nitrogens with two attached hydrogens (primary N) is 1. The van der Waals surface area contributed by atoms with E-state index >= 15 is 0 Å². The third-order valence-corrected chi connectivity index (χ3v) is 3.65. The van der Waals surface area contributed by atoms with Crippen molar-refractivity contribution in [1.82, 2.24) is 14.7 Å². The van der Waals surface area contributed by atoms with E-state index < -0.39 is 6.04 Å². The molecule has 0 radical (unpaired) electrons. The number of rotatable bonds is 4. The van der Waals surface area contributed by atoms with Crippen molar-refractivity contribution in [3.63, 3.8) is 0 Å². The van der Waals surface area contributed by atoms with Crippen LogP contribution in [0.4, 0.5) is 0 Å². The van der Waals surface area contributed by atoms with Gasteiger partial charge >= 0.3 is 0 Å². The zero-order valence-electron chi connectivity index (χ0n) is 13.7. The molecule has 0 saturated heterocycles. The minimum atomic E-state index is -0.512. The lowest BCUT2D eigenvalue weighted by molar-refractivity contribution is -0.134. The normalized spacial score (nSPS) is 13.0. The lowest BCUT2D eigenvalue weighted by Gasteiger charge is -2.29. The first-order valence-corrected chi connectivity index (χ1v) is 7.38. The number of amides is 1. The molecular weight excluding hydrogens is 276 g/mol. The van der Waals surface area contributed by atoms with Gasteiger partial charge in [0.25, 0.3) is 0 Å². The van der Waals surface area contributed by atoms with Crippen LogP contribution >= 0.6 is 0 Å². The second-order valence-corrected chi connectivity index (χ2v) is 6.67. The molecular formula is C17H24N4O. The monoisotopic (exact) mass is 300 g/mol. The summed E-state index contributed by atoms with van der Waals surface area (Å²) in [5.41, 5.74) is 7.75. The Bertz CT molecular complexity index is 628. The Balaban J connectivity index is 2.06. The lowest BCUT2D eigenvalue weighted by Crippen LogP contribution is -2.48. The van der Waals surface area contributed by atoms with Crippen LogP contribution in [0.5, 0.6) is 0 Å². The van der Waals surface area contributed by atoms with Gasteiger partial charge in [-0.15, -0.1) is 0 Å². The number of aromatic nitrogens is 2. The molecule has 22 heavy (non-hydrogen) atoms. The maximum absolute atomic E-state index is 12.3. The summed E-state index contributed by atoms with van der Waals surface area (Å²) >= 11 is 0. The fourth-order valence-corrected chi connectivity index (χ4v) is 2.12. The number of carbonyl (C=O) groups excluding carboxylic acids is 1. The average molecular weight is 300 g/mol. The molecule has 5 nitrogen and oxygen atoms in total. The van der Waals surface area contributed by atoms with E-state index in [0.29, 0.717) is 6.54 Å². The largest absolute Gasteiger partial charge is 0.340 e. The highest BCUT2D eigenvalue weighted by Crippen LogP contribution is 2.19. The highest BCUT2D eigenvalue weighted by atomic mass is 16.2. The molecule has 5 heteroatoms. The second kappa shape index (κ2) is 6.32. The first-order valence-electron chi connectivity index (χ1n) is 7.38. The standard InChI is InChI=1S/C17H24N4O/c1-17(2,3)15(18)16(22)20(4)11-13-10-19-21(12-13)14-8-6-5-7-9-14/h5-10,12,15H,11,18H2,1-4H3/t15-/m1/s1. The van der Waals surface area contributed by atoms with E-state index in [0.717, 1.165) is 11.3 Å². The molecule has 0 aliphatic rings. The Hall–Kier alpha value is -2.14. The number of benzene rings is 1. The quantitative estimate of drug-likeness (QED) is 0.941. The maximum Gasteiger partial charge on any atom is 0.240 e. The molecule has 0 aliphatic heterocycles. The molecule has 2 aromatic rings. The number of carbonyl (C=O) groups is 1. The van der Waals surface area contributed by atoms with Crippen LogP contribution in [-0.2, 0) is 11.3 Å². The van der Waals surface area contributed by atoms with Crippen LogP contribution in [0.3, 0.4) is 0 Å². The predicted octanol–water partition coefficient (Wildman–Crippen LogP) is 2.20. The Morgan fingerprint density at radius 3 is 2.55 bits per heavy atom. The van der Waals surface area contributed by atoms with Crippen molar-refractivity contribution < 1.29 is 4.79 Å². The van der Waals surface area contributed by atoms with Gasteiger partial charge in [0.05, 0.1) is 17.9 Å². The van der Waals surface area contributed by atoms with Crippen molar-refractivity contribution in [1.29, 1.82) is 0 Å². The number of para-hydroxylation sites is 1. The molecule has 118 valence electrons. The summed E-state index contributed by atoms with van der Waals surface area (Å²) in [6.07, 6.45) is 3.71. The third kappa shape index (κ3) is 3.74. The minimum absolute atomic E-state index is 0.0556. The van der Waals surface area contributed by atoms with Crippen LogP contribution in [0.1, 0.15) is 26.3 Å². The van der Waals surface area contributed by atoms with Gasteiger partial charge in [-0.1, -0.05) is 39.0 Å². The topological polar surface area (TPSA) is 64.2 Å². The maximum atomic E-state index is 12.3. The molecule has 1 heterocycles. The summed E-state index contributed by atoms with van der Waals surface area (Å²) in [5, 5.41) is 4.34. The van der Waals surface area contributed by atoms with Gasteiger partial charge in [-0.05, 0) is 17.5 Å². The van der Waals surface area contributed by atoms with Gasteiger partial charge in [-0.3, -0.25) is 4.79 Å². The van der Waals surface area contributed by atoms with E-state index in [9.17, 15) is 4.79 Å². The van der Waals surface area contributed by atoms with Gasteiger partial charge < -0.3 is 10.6 Å². The zero-order chi connectivity index (χ0) is 16.3. The second-order valence-electron chi connectivity index (χ2n) is 6.67. The lowest BCUT2D eigenvalue weighted by atomic mass is 9.86. The fraction of sp³-hybridized carbons (Fsp3) is 0.412. The van der Waals surface area contributed by atoms with Crippen molar-refractivity contribution in [2.45, 2.75) is 33.4 Å². The summed E-state index contributed by atoms with van der Waals surface area (Å²) < 4.78 is 1.80. The fourth-order valence-electron chi connectivity index (χ4n) is 2.12. The average Bonchev–Trinajstić information content (AvgIpc) is 2.94. The van der Waals surface area contributed by atoms with Crippen molar-refractivity contribution in [2.75, 3.05) is 7.05 Å². The van der Waals surface area contributed by atoms with Gasteiger partial charge in [-0.2, -0.15) is 5.10 Å². The molecule has 1 amide bonds. The third-order valence-electron chi connectivity index (χ3n) is 3.65. The Morgan fingerprint density at radius 1 is 1.32 bits per heavy atom. The van der Waals surface area contributed by atoms with E-state index in [2.05, 4.69) is 5.10 Å². The molecule has 2 rings (SSSR count). The Labute approximate surface area is 131 Å². The highest BCUT2D eigenvalue weighted by molar-refractivity contribution is 5.82. The van der Waals surface area contributed by atoms with Crippen LogP contribution in [0.2, 0.25) is 0 Å². The highest BCUT2D eigenvalue weighted by Gasteiger charge is 2.29. The molecule has 0 unspecified atom stereocenters. The molecule has 0 spiro atoms. The van der Waals surface area contributed by atoms with Gasteiger partial charge in [-0.25, -0.2) is 4.68 Å². The van der Waals surface area contributed by atoms with Gasteiger partial charge in [0, 0.05) is 25.4 Å². The molecule has 1 aromatic heterocycles. The molecule has 1 aromatic carbocycles. The summed E-state index contributed by atoms with van der Waals surface area (Å²) in [5.74, 6) is -0.0556. The van der Waals surface area contributed by atoms with Crippen LogP contribution in [0.15, 0.2) is 42.7 Å². The summed E-state index contributed by atoms with van der Waals surface area (Å²) in [6.45, 7) is 6.40. The van der Waals surface area contributed by atoms with E-state index in [1.807, 2.05) is 57.3 Å². The smallest absolute Gasteiger partial charge is 0.240 e. The summed E-state index contributed by atoms with van der Waals surface area (Å²) in [7, 11) is 1.77. The van der Waals surface area contributed by atoms with Crippen molar-refractivity contribution in [2.24, 2.45) is 11.1 Å². The Kier molecular flexibility index (Phi) is 4.66. The van der Waals surface area contributed by atoms with Crippen LogP contribution in [0, 0.1) is 5.41 Å². The van der Waals surface area contributed by atoms with Crippen LogP contribution < -0.4 is 5.73 Å². The van der Waals surface area contributed by atoms with E-state index in [4.69, 9.17) is 5.73 Å². The summed E-state index contributed by atoms with van der Waals surface area (Å²) in [4.78, 5) is 14.0. The molecule has 0 bridgehead atoms. The molecule has 0 saturated carbocycles. The number of nitrogens with zero attached hydrogens (tertiary/aromatic N) is 3. The SMILES string of the molecule is CN(Cc1cnn(-c2ccccc2)c1)C(=O)[C@@H](N)C(C)(C)C. The van der Waals surface area contributed by atoms with Gasteiger partial charge in [0.15, 0.2) is 0 Å². The molecule has 2 N–H and O–H groups in total. The molecule has 0 fully saturated rings. The van der Waals surface area contributed by atoms with Crippen molar-refractivity contribution in [3.05, 3.63) is 48.3 Å². The van der Waals surface area contributed by atoms with Gasteiger partial charge in [0.1, 0.15) is 0 Å². The van der Waals surface area contributed by atoms with E-state index in [1.165, 1.54) is 0 Å². The molecule has 0 aliphatic carbocycles. The zero-order valence-corrected chi connectivity index (χ0v) is 13.7. The summed E-state index contributed by atoms with van der Waals surface area (Å²) in [6, 6.07) is 9.36. The number of likely N-dealkylation sites (N-methyl/N-ethyl adjacent to an activating group) is 1. The molecule has 1 atom stereocenters. The van der Waals surface area contributed by atoms with Crippen molar-refractivity contribution >= 4 is 5.91 Å². The van der Waals surface area contributed by atoms with Crippen LogP contribution in [-0.4, -0.2) is 33.7 Å². The number of hydrogen-bond donors (Lipinski definition) is 1. The predicted molar refractivity (Wildman–Crippen MR) is 87.5 cm³/mol. The Morgan fingerprint density at radius 2 is 1.95 bits per heavy atom.